The molecule has 0 bridgehead atoms. The fourth-order valence-corrected chi connectivity index (χ4v) is 3.86. The minimum atomic E-state index is -0.0951. The average molecular weight is 381 g/mol. The Bertz CT molecular complexity index is 1190. The SMILES string of the molecule is CN(C)c1ccc(C2CC(c3c[nH]c4ccccc34)=Nc3ccccc3O2)cc1. The van der Waals surface area contributed by atoms with E-state index in [0.29, 0.717) is 6.42 Å². The molecule has 0 radical (unpaired) electrons. The normalized spacial score (nSPS) is 15.9. The first-order chi connectivity index (χ1) is 14.2. The van der Waals surface area contributed by atoms with Crippen LogP contribution in [0.4, 0.5) is 11.4 Å². The lowest BCUT2D eigenvalue weighted by atomic mass is 9.98. The van der Waals surface area contributed by atoms with E-state index >= 15 is 0 Å². The molecule has 0 amide bonds. The Morgan fingerprint density at radius 3 is 2.52 bits per heavy atom. The van der Waals surface area contributed by atoms with E-state index in [-0.39, 0.29) is 6.10 Å². The van der Waals surface area contributed by atoms with Crippen LogP contribution in [0.5, 0.6) is 5.75 Å². The summed E-state index contributed by atoms with van der Waals surface area (Å²) in [5.74, 6) is 0.823. The van der Waals surface area contributed by atoms with Gasteiger partial charge >= 0.3 is 0 Å². The molecule has 1 atom stereocenters. The molecule has 1 unspecified atom stereocenters. The molecule has 4 nitrogen and oxygen atoms in total. The first-order valence-electron chi connectivity index (χ1n) is 9.86. The summed E-state index contributed by atoms with van der Waals surface area (Å²) in [6.45, 7) is 0. The molecule has 1 N–H and O–H groups in total. The molecular formula is C25H23N3O. The predicted octanol–water partition coefficient (Wildman–Crippen LogP) is 5.88. The van der Waals surface area contributed by atoms with Crippen molar-refractivity contribution in [3.8, 4) is 5.75 Å². The fraction of sp³-hybridized carbons (Fsp3) is 0.160. The van der Waals surface area contributed by atoms with E-state index in [9.17, 15) is 0 Å². The molecule has 5 rings (SSSR count). The average Bonchev–Trinajstić information content (AvgIpc) is 3.08. The molecule has 3 aromatic carbocycles. The number of nitrogens with one attached hydrogen (secondary N) is 1. The first-order valence-corrected chi connectivity index (χ1v) is 9.86. The third-order valence-electron chi connectivity index (χ3n) is 5.45. The van der Waals surface area contributed by atoms with E-state index in [4.69, 9.17) is 9.73 Å². The van der Waals surface area contributed by atoms with Gasteiger partial charge in [-0.05, 0) is 35.9 Å². The van der Waals surface area contributed by atoms with Gasteiger partial charge in [-0.25, -0.2) is 4.99 Å². The Hall–Kier alpha value is -3.53. The molecule has 1 aliphatic heterocycles. The van der Waals surface area contributed by atoms with Crippen LogP contribution in [0, 0.1) is 0 Å². The summed E-state index contributed by atoms with van der Waals surface area (Å²) >= 11 is 0. The van der Waals surface area contributed by atoms with Gasteiger partial charge < -0.3 is 14.6 Å². The van der Waals surface area contributed by atoms with Gasteiger partial charge in [0.05, 0.1) is 5.71 Å². The second kappa shape index (κ2) is 7.13. The highest BCUT2D eigenvalue weighted by atomic mass is 16.5. The summed E-state index contributed by atoms with van der Waals surface area (Å²) in [5, 5.41) is 1.19. The number of rotatable bonds is 3. The number of benzene rings is 3. The van der Waals surface area contributed by atoms with Crippen molar-refractivity contribution in [3.63, 3.8) is 0 Å². The first kappa shape index (κ1) is 17.6. The summed E-state index contributed by atoms with van der Waals surface area (Å²) in [7, 11) is 4.10. The smallest absolute Gasteiger partial charge is 0.145 e. The minimum Gasteiger partial charge on any atom is -0.483 e. The lowest BCUT2D eigenvalue weighted by Crippen LogP contribution is -2.13. The summed E-state index contributed by atoms with van der Waals surface area (Å²) in [4.78, 5) is 10.5. The number of aliphatic imine (C=N–C) groups is 1. The van der Waals surface area contributed by atoms with E-state index in [1.807, 2.05) is 30.3 Å². The number of ether oxygens (including phenoxy) is 1. The summed E-state index contributed by atoms with van der Waals surface area (Å²) in [6, 6.07) is 24.9. The Labute approximate surface area is 170 Å². The van der Waals surface area contributed by atoms with Crippen molar-refractivity contribution in [2.45, 2.75) is 12.5 Å². The largest absolute Gasteiger partial charge is 0.483 e. The molecule has 0 saturated heterocycles. The highest BCUT2D eigenvalue weighted by Crippen LogP contribution is 2.38. The van der Waals surface area contributed by atoms with Crippen LogP contribution >= 0.6 is 0 Å². The van der Waals surface area contributed by atoms with Gasteiger partial charge in [0.15, 0.2) is 0 Å². The van der Waals surface area contributed by atoms with Gasteiger partial charge in [0, 0.05) is 48.9 Å². The highest BCUT2D eigenvalue weighted by Gasteiger charge is 2.24. The van der Waals surface area contributed by atoms with Crippen LogP contribution in [-0.2, 0) is 0 Å². The molecule has 0 spiro atoms. The molecule has 29 heavy (non-hydrogen) atoms. The molecule has 0 fully saturated rings. The van der Waals surface area contributed by atoms with E-state index in [2.05, 4.69) is 72.6 Å². The lowest BCUT2D eigenvalue weighted by Gasteiger charge is -2.20. The maximum Gasteiger partial charge on any atom is 0.145 e. The van der Waals surface area contributed by atoms with E-state index in [0.717, 1.165) is 33.8 Å². The van der Waals surface area contributed by atoms with Crippen LogP contribution in [-0.4, -0.2) is 24.8 Å². The fourth-order valence-electron chi connectivity index (χ4n) is 3.86. The van der Waals surface area contributed by atoms with Gasteiger partial charge in [0.25, 0.3) is 0 Å². The van der Waals surface area contributed by atoms with Gasteiger partial charge in [0.1, 0.15) is 17.5 Å². The van der Waals surface area contributed by atoms with Crippen molar-refractivity contribution in [2.75, 3.05) is 19.0 Å². The molecule has 2 heterocycles. The van der Waals surface area contributed by atoms with E-state index in [1.165, 1.54) is 11.1 Å². The molecular weight excluding hydrogens is 358 g/mol. The zero-order chi connectivity index (χ0) is 19.8. The topological polar surface area (TPSA) is 40.6 Å². The van der Waals surface area contributed by atoms with Crippen molar-refractivity contribution < 1.29 is 4.74 Å². The van der Waals surface area contributed by atoms with Crippen LogP contribution < -0.4 is 9.64 Å². The lowest BCUT2D eigenvalue weighted by molar-refractivity contribution is 0.217. The second-order valence-electron chi connectivity index (χ2n) is 7.57. The number of fused-ring (bicyclic) bond motifs is 2. The summed E-state index contributed by atoms with van der Waals surface area (Å²) in [5.41, 5.74) is 6.49. The zero-order valence-corrected chi connectivity index (χ0v) is 16.6. The maximum absolute atomic E-state index is 6.45. The van der Waals surface area contributed by atoms with Crippen molar-refractivity contribution in [3.05, 3.63) is 90.1 Å². The van der Waals surface area contributed by atoms with E-state index < -0.39 is 0 Å². The molecule has 144 valence electrons. The Morgan fingerprint density at radius 1 is 0.931 bits per heavy atom. The number of anilines is 1. The predicted molar refractivity (Wildman–Crippen MR) is 120 cm³/mol. The maximum atomic E-state index is 6.45. The third-order valence-corrected chi connectivity index (χ3v) is 5.45. The van der Waals surface area contributed by atoms with Crippen LogP contribution in [0.3, 0.4) is 0 Å². The molecule has 1 aliphatic rings. The second-order valence-corrected chi connectivity index (χ2v) is 7.57. The van der Waals surface area contributed by atoms with Crippen molar-refractivity contribution in [1.82, 2.24) is 4.98 Å². The van der Waals surface area contributed by atoms with Crippen LogP contribution in [0.2, 0.25) is 0 Å². The quantitative estimate of drug-likeness (QED) is 0.481. The van der Waals surface area contributed by atoms with Gasteiger partial charge in [-0.2, -0.15) is 0 Å². The highest BCUT2D eigenvalue weighted by molar-refractivity contribution is 6.12. The van der Waals surface area contributed by atoms with E-state index in [1.54, 1.807) is 0 Å². The third kappa shape index (κ3) is 3.27. The van der Waals surface area contributed by atoms with Gasteiger partial charge in [-0.3, -0.25) is 0 Å². The molecule has 4 heteroatoms. The van der Waals surface area contributed by atoms with Crippen LogP contribution in [0.1, 0.15) is 23.7 Å². The number of nitrogens with zero attached hydrogens (tertiary/aromatic N) is 2. The Morgan fingerprint density at radius 2 is 1.69 bits per heavy atom. The molecule has 0 aliphatic carbocycles. The number of hydrogen-bond donors (Lipinski definition) is 1. The van der Waals surface area contributed by atoms with Gasteiger partial charge in [-0.15, -0.1) is 0 Å². The molecule has 1 aromatic heterocycles. The summed E-state index contributed by atoms with van der Waals surface area (Å²) in [6.07, 6.45) is 2.67. The number of hydrogen-bond acceptors (Lipinski definition) is 3. The molecule has 0 saturated carbocycles. The monoisotopic (exact) mass is 381 g/mol. The zero-order valence-electron chi connectivity index (χ0n) is 16.6. The number of aromatic amines is 1. The van der Waals surface area contributed by atoms with Crippen LogP contribution in [0.25, 0.3) is 10.9 Å². The Balaban J connectivity index is 1.60. The Kier molecular flexibility index (Phi) is 4.32. The number of H-pyrrole nitrogens is 1. The van der Waals surface area contributed by atoms with Gasteiger partial charge in [-0.1, -0.05) is 42.5 Å². The van der Waals surface area contributed by atoms with Crippen molar-refractivity contribution in [2.24, 2.45) is 4.99 Å². The standard InChI is InChI=1S/C25H23N3O/c1-28(2)18-13-11-17(12-14-18)25-15-23(27-22-9-5-6-10-24(22)29-25)20-16-26-21-8-4-3-7-19(20)21/h3-14,16,25-26H,15H2,1-2H3. The van der Waals surface area contributed by atoms with Gasteiger partial charge in [0.2, 0.25) is 0 Å². The summed E-state index contributed by atoms with van der Waals surface area (Å²) < 4.78 is 6.45. The van der Waals surface area contributed by atoms with Crippen molar-refractivity contribution in [1.29, 1.82) is 0 Å². The van der Waals surface area contributed by atoms with Crippen molar-refractivity contribution >= 4 is 28.0 Å². The van der Waals surface area contributed by atoms with Crippen LogP contribution in [0.15, 0.2) is 84.0 Å². The number of aromatic nitrogens is 1. The number of para-hydroxylation sites is 3. The molecule has 4 aromatic rings. The minimum absolute atomic E-state index is 0.0951.